The summed E-state index contributed by atoms with van der Waals surface area (Å²) >= 11 is 0. The van der Waals surface area contributed by atoms with Crippen LogP contribution >= 0.6 is 0 Å². The number of aryl methyl sites for hydroxylation is 1. The molecule has 0 N–H and O–H groups in total. The number of aldehydes is 1. The maximum Gasteiger partial charge on any atom is 0.149 e. The number of hydrogen-bond acceptors (Lipinski definition) is 1. The average Bonchev–Trinajstić information content (AvgIpc) is 2.20. The van der Waals surface area contributed by atoms with Crippen molar-refractivity contribution in [3.63, 3.8) is 0 Å². The van der Waals surface area contributed by atoms with E-state index in [1.807, 2.05) is 36.5 Å². The lowest BCUT2D eigenvalue weighted by atomic mass is 10.2. The maximum absolute atomic E-state index is 10.8. The third-order valence-corrected chi connectivity index (χ3v) is 4.02. The molecule has 0 unspecified atom stereocenters. The molecule has 1 aromatic rings. The molecular weight excluding hydrogens is 188 g/mol. The summed E-state index contributed by atoms with van der Waals surface area (Å²) in [6.07, 6.45) is 0.895. The van der Waals surface area contributed by atoms with Crippen molar-refractivity contribution in [2.24, 2.45) is 0 Å². The zero-order chi connectivity index (χ0) is 10.6. The molecule has 71 valence electrons. The Bertz CT molecular complexity index is 361. The molecule has 0 atom stereocenters. The van der Waals surface area contributed by atoms with Crippen molar-refractivity contribution in [2.45, 2.75) is 6.92 Å². The predicted molar refractivity (Wildman–Crippen MR) is 62.3 cm³/mol. The van der Waals surface area contributed by atoms with Crippen LogP contribution in [0.1, 0.15) is 15.9 Å². The van der Waals surface area contributed by atoms with Gasteiger partial charge in [-0.25, -0.2) is 0 Å². The van der Waals surface area contributed by atoms with Crippen LogP contribution in [0.4, 0.5) is 0 Å². The van der Waals surface area contributed by atoms with Gasteiger partial charge < -0.3 is 0 Å². The van der Waals surface area contributed by atoms with E-state index in [4.69, 9.17) is 0 Å². The minimum atomic E-state index is -0.968. The van der Waals surface area contributed by atoms with E-state index < -0.39 is 8.80 Å². The van der Waals surface area contributed by atoms with E-state index in [9.17, 15) is 4.79 Å². The van der Waals surface area contributed by atoms with Crippen molar-refractivity contribution in [3.8, 4) is 0 Å². The number of carbonyl (C=O) groups excluding carboxylic acids is 1. The molecule has 0 bridgehead atoms. The molecule has 0 spiro atoms. The van der Waals surface area contributed by atoms with E-state index in [0.717, 1.165) is 22.6 Å². The summed E-state index contributed by atoms with van der Waals surface area (Å²) in [5.41, 5.74) is 5.69. The molecule has 1 radical (unpaired) electrons. The Morgan fingerprint density at radius 1 is 1.29 bits per heavy atom. The highest BCUT2D eigenvalue weighted by atomic mass is 28.3. The van der Waals surface area contributed by atoms with Gasteiger partial charge in [-0.05, 0) is 12.1 Å². The smallest absolute Gasteiger partial charge is 0.149 e. The fourth-order valence-corrected chi connectivity index (χ4v) is 2.80. The van der Waals surface area contributed by atoms with E-state index >= 15 is 0 Å². The van der Waals surface area contributed by atoms with E-state index in [-0.39, 0.29) is 0 Å². The molecule has 0 aliphatic rings. The van der Waals surface area contributed by atoms with E-state index in [1.165, 1.54) is 0 Å². The highest BCUT2D eigenvalue weighted by Gasteiger charge is 2.10. The lowest BCUT2D eigenvalue weighted by Crippen LogP contribution is -2.29. The quantitative estimate of drug-likeness (QED) is 0.537. The molecule has 1 aromatic carbocycles. The van der Waals surface area contributed by atoms with Crippen LogP contribution in [-0.2, 0) is 0 Å². The van der Waals surface area contributed by atoms with Crippen LogP contribution in [0.2, 0.25) is 0 Å². The summed E-state index contributed by atoms with van der Waals surface area (Å²) in [4.78, 5) is 10.8. The zero-order valence-electron chi connectivity index (χ0n) is 8.29. The molecule has 2 heteroatoms. The molecule has 0 saturated carbocycles. The standard InChI is InChI=1S/C12H13OSi/c1-4-14(5-2)12-8-10(3)6-7-11(12)9-13/h4-9H,1-2H2,3H3. The Morgan fingerprint density at radius 2 is 1.93 bits per heavy atom. The van der Waals surface area contributed by atoms with Crippen LogP contribution in [0.3, 0.4) is 0 Å². The lowest BCUT2D eigenvalue weighted by molar-refractivity contribution is 0.112. The van der Waals surface area contributed by atoms with Crippen molar-refractivity contribution in [2.75, 3.05) is 0 Å². The molecule has 1 nitrogen and oxygen atoms in total. The molecule has 0 amide bonds. The Labute approximate surface area is 86.4 Å². The largest absolute Gasteiger partial charge is 0.298 e. The molecule has 0 aliphatic heterocycles. The maximum atomic E-state index is 10.8. The van der Waals surface area contributed by atoms with Gasteiger partial charge in [0.15, 0.2) is 0 Å². The Morgan fingerprint density at radius 3 is 2.43 bits per heavy atom. The van der Waals surface area contributed by atoms with Crippen LogP contribution in [0.25, 0.3) is 0 Å². The normalized spacial score (nSPS) is 9.86. The molecular formula is C12H13OSi. The van der Waals surface area contributed by atoms with Crippen LogP contribution in [0.15, 0.2) is 42.8 Å². The van der Waals surface area contributed by atoms with E-state index in [0.29, 0.717) is 0 Å². The van der Waals surface area contributed by atoms with Crippen molar-refractivity contribution in [1.82, 2.24) is 0 Å². The number of carbonyl (C=O) groups is 1. The Hall–Kier alpha value is -1.41. The predicted octanol–water partition coefficient (Wildman–Crippen LogP) is 1.96. The van der Waals surface area contributed by atoms with Gasteiger partial charge in [-0.1, -0.05) is 35.2 Å². The minimum Gasteiger partial charge on any atom is -0.298 e. The first-order valence-corrected chi connectivity index (χ1v) is 6.06. The minimum absolute atomic E-state index is 0.754. The molecule has 0 aromatic heterocycles. The van der Waals surface area contributed by atoms with Gasteiger partial charge in [0.1, 0.15) is 15.1 Å². The first-order chi connectivity index (χ1) is 6.72. The summed E-state index contributed by atoms with van der Waals surface area (Å²) in [6.45, 7) is 9.56. The third kappa shape index (κ3) is 2.09. The van der Waals surface area contributed by atoms with Crippen LogP contribution in [0, 0.1) is 6.92 Å². The molecule has 1 rings (SSSR count). The van der Waals surface area contributed by atoms with Gasteiger partial charge in [0, 0.05) is 5.56 Å². The van der Waals surface area contributed by atoms with Gasteiger partial charge in [-0.3, -0.25) is 4.79 Å². The van der Waals surface area contributed by atoms with Crippen LogP contribution in [0.5, 0.6) is 0 Å². The number of benzene rings is 1. The van der Waals surface area contributed by atoms with Crippen molar-refractivity contribution < 1.29 is 4.79 Å². The third-order valence-electron chi connectivity index (χ3n) is 2.09. The zero-order valence-corrected chi connectivity index (χ0v) is 9.29. The van der Waals surface area contributed by atoms with Crippen molar-refractivity contribution in [1.29, 1.82) is 0 Å². The molecule has 0 aliphatic carbocycles. The molecule has 0 fully saturated rings. The second kappa shape index (κ2) is 4.72. The van der Waals surface area contributed by atoms with E-state index in [2.05, 4.69) is 13.2 Å². The number of rotatable bonds is 4. The first kappa shape index (κ1) is 10.7. The van der Waals surface area contributed by atoms with Gasteiger partial charge in [-0.15, -0.1) is 13.2 Å². The van der Waals surface area contributed by atoms with Crippen molar-refractivity contribution in [3.05, 3.63) is 53.9 Å². The van der Waals surface area contributed by atoms with Gasteiger partial charge in [0.2, 0.25) is 0 Å². The first-order valence-electron chi connectivity index (χ1n) is 4.41. The highest BCUT2D eigenvalue weighted by molar-refractivity contribution is 6.82. The fraction of sp³-hybridized carbons (Fsp3) is 0.0833. The molecule has 14 heavy (non-hydrogen) atoms. The van der Waals surface area contributed by atoms with Crippen molar-refractivity contribution >= 4 is 20.3 Å². The highest BCUT2D eigenvalue weighted by Crippen LogP contribution is 2.01. The number of hydrogen-bond donors (Lipinski definition) is 0. The second-order valence-electron chi connectivity index (χ2n) is 3.07. The topological polar surface area (TPSA) is 17.1 Å². The Balaban J connectivity index is 3.27. The summed E-state index contributed by atoms with van der Waals surface area (Å²) in [7, 11) is -0.968. The fourth-order valence-electron chi connectivity index (χ4n) is 1.33. The van der Waals surface area contributed by atoms with E-state index in [1.54, 1.807) is 0 Å². The van der Waals surface area contributed by atoms with Gasteiger partial charge in [0.25, 0.3) is 0 Å². The molecule has 0 saturated heterocycles. The van der Waals surface area contributed by atoms with Gasteiger partial charge in [-0.2, -0.15) is 0 Å². The molecule has 0 heterocycles. The lowest BCUT2D eigenvalue weighted by Gasteiger charge is -2.09. The summed E-state index contributed by atoms with van der Waals surface area (Å²) in [5.74, 6) is 0. The SMILES string of the molecule is C=C[Si](C=C)c1cc(C)ccc1C=O. The van der Waals surface area contributed by atoms with Gasteiger partial charge >= 0.3 is 0 Å². The summed E-state index contributed by atoms with van der Waals surface area (Å²) in [6, 6.07) is 5.84. The Kier molecular flexibility index (Phi) is 3.60. The summed E-state index contributed by atoms with van der Waals surface area (Å²) in [5, 5.41) is 1.08. The monoisotopic (exact) mass is 201 g/mol. The second-order valence-corrected chi connectivity index (χ2v) is 5.34. The van der Waals surface area contributed by atoms with Gasteiger partial charge in [0.05, 0.1) is 0 Å². The summed E-state index contributed by atoms with van der Waals surface area (Å²) < 4.78 is 0. The van der Waals surface area contributed by atoms with Crippen LogP contribution < -0.4 is 5.19 Å². The van der Waals surface area contributed by atoms with Crippen LogP contribution in [-0.4, -0.2) is 15.1 Å². The average molecular weight is 201 g/mol.